The Morgan fingerprint density at radius 2 is 2.19 bits per heavy atom. The molecule has 1 aromatic carbocycles. The van der Waals surface area contributed by atoms with Gasteiger partial charge in [0.05, 0.1) is 10.9 Å². The van der Waals surface area contributed by atoms with Crippen LogP contribution in [0.1, 0.15) is 18.4 Å². The van der Waals surface area contributed by atoms with Gasteiger partial charge >= 0.3 is 0 Å². The van der Waals surface area contributed by atoms with Gasteiger partial charge in [0.15, 0.2) is 0 Å². The standard InChI is InChI=1S/C16H23N3OS/c1-19-9-5-8-13(19)11-18-16(20)14(15(17)21)10-12-6-3-2-4-7-12/h2-4,6-7,13-14H,5,8-11H2,1H3,(H2,17,21)(H,18,20). The van der Waals surface area contributed by atoms with Gasteiger partial charge in [-0.2, -0.15) is 0 Å². The van der Waals surface area contributed by atoms with Crippen LogP contribution in [0.3, 0.4) is 0 Å². The lowest BCUT2D eigenvalue weighted by Crippen LogP contribution is -2.44. The average Bonchev–Trinajstić information content (AvgIpc) is 2.88. The highest BCUT2D eigenvalue weighted by Crippen LogP contribution is 2.14. The number of rotatable bonds is 6. The summed E-state index contributed by atoms with van der Waals surface area (Å²) >= 11 is 5.07. The molecular formula is C16H23N3OS. The molecule has 3 N–H and O–H groups in total. The molecule has 2 rings (SSSR count). The number of carbonyl (C=O) groups is 1. The molecule has 2 unspecified atom stereocenters. The van der Waals surface area contributed by atoms with Crippen LogP contribution in [-0.2, 0) is 11.2 Å². The Hall–Kier alpha value is -1.46. The lowest BCUT2D eigenvalue weighted by atomic mass is 9.98. The van der Waals surface area contributed by atoms with Gasteiger partial charge in [0, 0.05) is 12.6 Å². The molecule has 21 heavy (non-hydrogen) atoms. The van der Waals surface area contributed by atoms with Gasteiger partial charge in [-0.05, 0) is 38.4 Å². The smallest absolute Gasteiger partial charge is 0.230 e. The molecule has 1 aliphatic heterocycles. The van der Waals surface area contributed by atoms with Crippen molar-refractivity contribution >= 4 is 23.1 Å². The first kappa shape index (κ1) is 15.9. The van der Waals surface area contributed by atoms with E-state index in [-0.39, 0.29) is 10.9 Å². The SMILES string of the molecule is CN1CCCC1CNC(=O)C(Cc1ccccc1)C(N)=S. The molecule has 0 bridgehead atoms. The summed E-state index contributed by atoms with van der Waals surface area (Å²) in [5.74, 6) is -0.499. The van der Waals surface area contributed by atoms with Gasteiger partial charge in [-0.3, -0.25) is 4.79 Å². The molecular weight excluding hydrogens is 282 g/mol. The number of amides is 1. The third-order valence-electron chi connectivity index (χ3n) is 4.13. The Morgan fingerprint density at radius 3 is 2.76 bits per heavy atom. The van der Waals surface area contributed by atoms with Crippen molar-refractivity contribution in [1.82, 2.24) is 10.2 Å². The summed E-state index contributed by atoms with van der Waals surface area (Å²) in [7, 11) is 2.10. The molecule has 1 amide bonds. The van der Waals surface area contributed by atoms with E-state index in [1.165, 1.54) is 6.42 Å². The summed E-state index contributed by atoms with van der Waals surface area (Å²) in [6, 6.07) is 10.3. The third-order valence-corrected chi connectivity index (χ3v) is 4.41. The van der Waals surface area contributed by atoms with Crippen LogP contribution in [0.15, 0.2) is 30.3 Å². The molecule has 1 fully saturated rings. The third kappa shape index (κ3) is 4.51. The summed E-state index contributed by atoms with van der Waals surface area (Å²) in [5.41, 5.74) is 6.83. The van der Waals surface area contributed by atoms with Gasteiger partial charge in [0.2, 0.25) is 5.91 Å². The van der Waals surface area contributed by atoms with Crippen LogP contribution in [-0.4, -0.2) is 42.0 Å². The van der Waals surface area contributed by atoms with Crippen LogP contribution in [0.2, 0.25) is 0 Å². The van der Waals surface area contributed by atoms with Crippen molar-refractivity contribution in [2.24, 2.45) is 11.7 Å². The molecule has 0 aliphatic carbocycles. The fraction of sp³-hybridized carbons (Fsp3) is 0.500. The number of nitrogens with two attached hydrogens (primary N) is 1. The van der Waals surface area contributed by atoms with Gasteiger partial charge in [-0.15, -0.1) is 0 Å². The zero-order valence-electron chi connectivity index (χ0n) is 12.4. The van der Waals surface area contributed by atoms with Crippen LogP contribution in [0, 0.1) is 5.92 Å². The minimum Gasteiger partial charge on any atom is -0.393 e. The number of carbonyl (C=O) groups excluding carboxylic acids is 1. The number of nitrogens with one attached hydrogen (secondary N) is 1. The monoisotopic (exact) mass is 305 g/mol. The zero-order valence-corrected chi connectivity index (χ0v) is 13.2. The van der Waals surface area contributed by atoms with Crippen LogP contribution in [0.25, 0.3) is 0 Å². The first-order valence-electron chi connectivity index (χ1n) is 7.39. The number of hydrogen-bond donors (Lipinski definition) is 2. The maximum atomic E-state index is 12.4. The molecule has 0 spiro atoms. The van der Waals surface area contributed by atoms with Crippen molar-refractivity contribution in [1.29, 1.82) is 0 Å². The fourth-order valence-electron chi connectivity index (χ4n) is 2.75. The summed E-state index contributed by atoms with van der Waals surface area (Å²) in [6.07, 6.45) is 2.88. The van der Waals surface area contributed by atoms with Crippen molar-refractivity contribution in [3.8, 4) is 0 Å². The number of likely N-dealkylation sites (N-methyl/N-ethyl adjacent to an activating group) is 1. The predicted octanol–water partition coefficient (Wildman–Crippen LogP) is 1.34. The second kappa shape index (κ2) is 7.52. The molecule has 0 saturated carbocycles. The molecule has 1 aromatic rings. The van der Waals surface area contributed by atoms with E-state index in [1.54, 1.807) is 0 Å². The molecule has 2 atom stereocenters. The second-order valence-electron chi connectivity index (χ2n) is 5.67. The Morgan fingerprint density at radius 1 is 1.48 bits per heavy atom. The number of thiocarbonyl (C=S) groups is 1. The van der Waals surface area contributed by atoms with Crippen LogP contribution >= 0.6 is 12.2 Å². The Kier molecular flexibility index (Phi) is 5.70. The van der Waals surface area contributed by atoms with E-state index < -0.39 is 5.92 Å². The highest BCUT2D eigenvalue weighted by Gasteiger charge is 2.25. The summed E-state index contributed by atoms with van der Waals surface area (Å²) in [5, 5.41) is 3.01. The van der Waals surface area contributed by atoms with E-state index in [1.807, 2.05) is 30.3 Å². The molecule has 114 valence electrons. The molecule has 4 nitrogen and oxygen atoms in total. The molecule has 1 heterocycles. The van der Waals surface area contributed by atoms with Crippen LogP contribution in [0.4, 0.5) is 0 Å². The van der Waals surface area contributed by atoms with E-state index in [0.29, 0.717) is 19.0 Å². The second-order valence-corrected chi connectivity index (χ2v) is 6.14. The van der Waals surface area contributed by atoms with Crippen molar-refractivity contribution < 1.29 is 4.79 Å². The number of likely N-dealkylation sites (tertiary alicyclic amines) is 1. The Bertz CT molecular complexity index is 492. The lowest BCUT2D eigenvalue weighted by molar-refractivity contribution is -0.123. The van der Waals surface area contributed by atoms with E-state index in [0.717, 1.165) is 18.5 Å². The molecule has 0 radical (unpaired) electrons. The maximum Gasteiger partial charge on any atom is 0.230 e. The maximum absolute atomic E-state index is 12.4. The number of hydrogen-bond acceptors (Lipinski definition) is 3. The first-order chi connectivity index (χ1) is 10.1. The molecule has 5 heteroatoms. The van der Waals surface area contributed by atoms with Gasteiger partial charge in [0.25, 0.3) is 0 Å². The minimum absolute atomic E-state index is 0.0633. The van der Waals surface area contributed by atoms with Gasteiger partial charge in [-0.25, -0.2) is 0 Å². The van der Waals surface area contributed by atoms with Crippen molar-refractivity contribution in [2.45, 2.75) is 25.3 Å². The fourth-order valence-corrected chi connectivity index (χ4v) is 2.94. The van der Waals surface area contributed by atoms with E-state index in [2.05, 4.69) is 17.3 Å². The van der Waals surface area contributed by atoms with E-state index in [4.69, 9.17) is 18.0 Å². The molecule has 1 saturated heterocycles. The normalized spacial score (nSPS) is 20.1. The van der Waals surface area contributed by atoms with Crippen LogP contribution in [0.5, 0.6) is 0 Å². The summed E-state index contributed by atoms with van der Waals surface area (Å²) in [4.78, 5) is 14.9. The van der Waals surface area contributed by atoms with E-state index in [9.17, 15) is 4.79 Å². The first-order valence-corrected chi connectivity index (χ1v) is 7.80. The van der Waals surface area contributed by atoms with Crippen molar-refractivity contribution in [3.63, 3.8) is 0 Å². The van der Waals surface area contributed by atoms with Gasteiger partial charge in [-0.1, -0.05) is 42.5 Å². The molecule has 0 aromatic heterocycles. The average molecular weight is 305 g/mol. The van der Waals surface area contributed by atoms with Gasteiger partial charge in [0.1, 0.15) is 0 Å². The summed E-state index contributed by atoms with van der Waals surface area (Å²) in [6.45, 7) is 1.77. The number of benzene rings is 1. The van der Waals surface area contributed by atoms with E-state index >= 15 is 0 Å². The van der Waals surface area contributed by atoms with Crippen molar-refractivity contribution in [2.75, 3.05) is 20.1 Å². The quantitative estimate of drug-likeness (QED) is 0.779. The minimum atomic E-state index is -0.436. The lowest BCUT2D eigenvalue weighted by Gasteiger charge is -2.22. The largest absolute Gasteiger partial charge is 0.393 e. The predicted molar refractivity (Wildman–Crippen MR) is 89.1 cm³/mol. The highest BCUT2D eigenvalue weighted by molar-refractivity contribution is 7.80. The van der Waals surface area contributed by atoms with Crippen molar-refractivity contribution in [3.05, 3.63) is 35.9 Å². The van der Waals surface area contributed by atoms with Gasteiger partial charge < -0.3 is 16.0 Å². The highest BCUT2D eigenvalue weighted by atomic mass is 32.1. The molecule has 1 aliphatic rings. The number of nitrogens with zero attached hydrogens (tertiary/aromatic N) is 1. The topological polar surface area (TPSA) is 58.4 Å². The summed E-state index contributed by atoms with van der Waals surface area (Å²) < 4.78 is 0. The Balaban J connectivity index is 1.91. The zero-order chi connectivity index (χ0) is 15.2. The Labute approximate surface area is 131 Å². The van der Waals surface area contributed by atoms with Crippen LogP contribution < -0.4 is 11.1 Å².